The number of thioether (sulfide) groups is 1. The fourth-order valence-electron chi connectivity index (χ4n) is 2.71. The van der Waals surface area contributed by atoms with Crippen LogP contribution < -0.4 is 10.2 Å². The summed E-state index contributed by atoms with van der Waals surface area (Å²) in [5.74, 6) is 0.870. The summed E-state index contributed by atoms with van der Waals surface area (Å²) in [4.78, 5) is 14.4. The maximum absolute atomic E-state index is 12.4. The van der Waals surface area contributed by atoms with Crippen LogP contribution in [0.25, 0.3) is 0 Å². The first-order valence-electron chi connectivity index (χ1n) is 8.78. The second kappa shape index (κ2) is 10.0. The zero-order chi connectivity index (χ0) is 18.9. The van der Waals surface area contributed by atoms with Crippen LogP contribution in [0.2, 0.25) is 0 Å². The van der Waals surface area contributed by atoms with E-state index in [0.717, 1.165) is 22.0 Å². The Kier molecular flexibility index (Phi) is 7.71. The highest BCUT2D eigenvalue weighted by Gasteiger charge is 2.13. The van der Waals surface area contributed by atoms with E-state index in [9.17, 15) is 4.79 Å². The standard InChI is InChI=1S/C21H25N3OS/c1-16(2)18-10-8-17(9-11-18)14-24(3)15-21(25)23-19-6-4-5-7-20(19)26-13-12-22/h4-11,16H,13-15H2,1-3H3,(H,23,25)/p+1. The van der Waals surface area contributed by atoms with Crippen LogP contribution in [-0.2, 0) is 11.3 Å². The van der Waals surface area contributed by atoms with Gasteiger partial charge in [0.1, 0.15) is 6.54 Å². The predicted octanol–water partition coefficient (Wildman–Crippen LogP) is 3.08. The van der Waals surface area contributed by atoms with E-state index in [4.69, 9.17) is 5.26 Å². The van der Waals surface area contributed by atoms with Gasteiger partial charge in [0.05, 0.1) is 24.6 Å². The van der Waals surface area contributed by atoms with Crippen LogP contribution in [0.15, 0.2) is 53.4 Å². The minimum atomic E-state index is -0.0219. The lowest BCUT2D eigenvalue weighted by molar-refractivity contribution is -0.885. The molecular weight excluding hydrogens is 342 g/mol. The van der Waals surface area contributed by atoms with E-state index in [2.05, 4.69) is 49.5 Å². The quantitative estimate of drug-likeness (QED) is 0.704. The molecule has 0 saturated carbocycles. The van der Waals surface area contributed by atoms with Crippen molar-refractivity contribution in [2.45, 2.75) is 31.2 Å². The summed E-state index contributed by atoms with van der Waals surface area (Å²) in [6.45, 7) is 5.56. The molecule has 4 nitrogen and oxygen atoms in total. The molecule has 1 amide bonds. The Morgan fingerprint density at radius 3 is 2.54 bits per heavy atom. The molecule has 0 aliphatic carbocycles. The van der Waals surface area contributed by atoms with Crippen LogP contribution in [0.1, 0.15) is 30.9 Å². The van der Waals surface area contributed by atoms with Crippen LogP contribution in [0.3, 0.4) is 0 Å². The lowest BCUT2D eigenvalue weighted by atomic mass is 10.0. The first-order chi connectivity index (χ1) is 12.5. The van der Waals surface area contributed by atoms with E-state index in [-0.39, 0.29) is 5.91 Å². The fourth-order valence-corrected chi connectivity index (χ4v) is 3.38. The zero-order valence-electron chi connectivity index (χ0n) is 15.6. The normalized spacial score (nSPS) is 11.8. The van der Waals surface area contributed by atoms with E-state index < -0.39 is 0 Å². The van der Waals surface area contributed by atoms with Crippen molar-refractivity contribution in [3.05, 3.63) is 59.7 Å². The SMILES string of the molecule is CC(C)c1ccc(C[NH+](C)CC(=O)Nc2ccccc2SCC#N)cc1. The molecule has 0 heterocycles. The van der Waals surface area contributed by atoms with Crippen LogP contribution in [0.4, 0.5) is 5.69 Å². The van der Waals surface area contributed by atoms with Crippen molar-refractivity contribution in [3.63, 3.8) is 0 Å². The van der Waals surface area contributed by atoms with Gasteiger partial charge in [0.25, 0.3) is 5.91 Å². The molecule has 0 bridgehead atoms. The van der Waals surface area contributed by atoms with E-state index >= 15 is 0 Å². The number of hydrogen-bond acceptors (Lipinski definition) is 3. The summed E-state index contributed by atoms with van der Waals surface area (Å²) < 4.78 is 0. The number of nitrogens with zero attached hydrogens (tertiary/aromatic N) is 1. The van der Waals surface area contributed by atoms with Gasteiger partial charge in [-0.15, -0.1) is 11.8 Å². The number of anilines is 1. The van der Waals surface area contributed by atoms with Gasteiger partial charge in [0.2, 0.25) is 0 Å². The molecule has 26 heavy (non-hydrogen) atoms. The van der Waals surface area contributed by atoms with E-state index in [1.807, 2.05) is 31.3 Å². The number of para-hydroxylation sites is 1. The predicted molar refractivity (Wildman–Crippen MR) is 107 cm³/mol. The third kappa shape index (κ3) is 6.21. The van der Waals surface area contributed by atoms with Crippen molar-refractivity contribution in [3.8, 4) is 6.07 Å². The molecule has 2 aromatic rings. The molecule has 0 aliphatic heterocycles. The molecular formula is C21H26N3OS+. The monoisotopic (exact) mass is 368 g/mol. The highest BCUT2D eigenvalue weighted by molar-refractivity contribution is 7.99. The van der Waals surface area contributed by atoms with Crippen molar-refractivity contribution >= 4 is 23.4 Å². The first-order valence-corrected chi connectivity index (χ1v) is 9.77. The van der Waals surface area contributed by atoms with E-state index in [1.54, 1.807) is 0 Å². The van der Waals surface area contributed by atoms with Crippen LogP contribution >= 0.6 is 11.8 Å². The Bertz CT molecular complexity index is 766. The lowest BCUT2D eigenvalue weighted by Gasteiger charge is -2.15. The topological polar surface area (TPSA) is 57.3 Å². The molecule has 136 valence electrons. The maximum atomic E-state index is 12.4. The van der Waals surface area contributed by atoms with Gasteiger partial charge in [-0.1, -0.05) is 50.2 Å². The molecule has 2 aromatic carbocycles. The number of carbonyl (C=O) groups excluding carboxylic acids is 1. The molecule has 0 radical (unpaired) electrons. The number of nitriles is 1. The Morgan fingerprint density at radius 2 is 1.88 bits per heavy atom. The molecule has 0 spiro atoms. The highest BCUT2D eigenvalue weighted by atomic mass is 32.2. The highest BCUT2D eigenvalue weighted by Crippen LogP contribution is 2.26. The third-order valence-corrected chi connectivity index (χ3v) is 5.01. The number of nitrogens with one attached hydrogen (secondary N) is 2. The maximum Gasteiger partial charge on any atom is 0.279 e. The third-order valence-electron chi connectivity index (χ3n) is 4.07. The number of amides is 1. The van der Waals surface area contributed by atoms with Gasteiger partial charge in [-0.25, -0.2) is 0 Å². The first kappa shape index (κ1) is 20.0. The molecule has 2 N–H and O–H groups in total. The molecule has 0 saturated heterocycles. The number of hydrogen-bond donors (Lipinski definition) is 2. The van der Waals surface area contributed by atoms with Gasteiger partial charge in [0.15, 0.2) is 6.54 Å². The number of rotatable bonds is 8. The van der Waals surface area contributed by atoms with Gasteiger partial charge in [-0.2, -0.15) is 5.26 Å². The van der Waals surface area contributed by atoms with Crippen LogP contribution in [-0.4, -0.2) is 25.3 Å². The van der Waals surface area contributed by atoms with Crippen LogP contribution in [0.5, 0.6) is 0 Å². The molecule has 5 heteroatoms. The average Bonchev–Trinajstić information content (AvgIpc) is 2.61. The minimum Gasteiger partial charge on any atom is -0.326 e. The smallest absolute Gasteiger partial charge is 0.279 e. The average molecular weight is 369 g/mol. The Hall–Kier alpha value is -2.29. The van der Waals surface area contributed by atoms with E-state index in [0.29, 0.717) is 18.2 Å². The van der Waals surface area contributed by atoms with Gasteiger partial charge >= 0.3 is 0 Å². The molecule has 2 rings (SSSR count). The summed E-state index contributed by atoms with van der Waals surface area (Å²) in [5.41, 5.74) is 3.33. The second-order valence-corrected chi connectivity index (χ2v) is 7.72. The summed E-state index contributed by atoms with van der Waals surface area (Å²) in [7, 11) is 2.02. The molecule has 1 unspecified atom stereocenters. The van der Waals surface area contributed by atoms with Gasteiger partial charge in [-0.05, 0) is 23.6 Å². The number of likely N-dealkylation sites (N-methyl/N-ethyl adjacent to an activating group) is 1. The Morgan fingerprint density at radius 1 is 1.19 bits per heavy atom. The zero-order valence-corrected chi connectivity index (χ0v) is 16.4. The molecule has 0 aliphatic rings. The fraction of sp³-hybridized carbons (Fsp3) is 0.333. The summed E-state index contributed by atoms with van der Waals surface area (Å²) in [6.07, 6.45) is 0. The largest absolute Gasteiger partial charge is 0.326 e. The van der Waals surface area contributed by atoms with Crippen LogP contribution in [0, 0.1) is 11.3 Å². The van der Waals surface area contributed by atoms with Gasteiger partial charge in [0, 0.05) is 10.5 Å². The van der Waals surface area contributed by atoms with E-state index in [1.165, 1.54) is 22.9 Å². The molecule has 0 aromatic heterocycles. The van der Waals surface area contributed by atoms with Crippen molar-refractivity contribution in [1.82, 2.24) is 0 Å². The lowest BCUT2D eigenvalue weighted by Crippen LogP contribution is -3.08. The summed E-state index contributed by atoms with van der Waals surface area (Å²) in [5, 5.41) is 11.7. The second-order valence-electron chi connectivity index (χ2n) is 6.70. The Labute approximate surface area is 160 Å². The summed E-state index contributed by atoms with van der Waals surface area (Å²) in [6, 6.07) is 18.3. The van der Waals surface area contributed by atoms with Gasteiger partial charge in [-0.3, -0.25) is 4.79 Å². The summed E-state index contributed by atoms with van der Waals surface area (Å²) >= 11 is 1.43. The van der Waals surface area contributed by atoms with Crippen molar-refractivity contribution in [2.75, 3.05) is 24.7 Å². The minimum absolute atomic E-state index is 0.0219. The molecule has 1 atom stereocenters. The number of quaternary nitrogens is 1. The van der Waals surface area contributed by atoms with Crippen molar-refractivity contribution < 1.29 is 9.69 Å². The number of benzene rings is 2. The number of carbonyl (C=O) groups is 1. The van der Waals surface area contributed by atoms with Crippen molar-refractivity contribution in [2.24, 2.45) is 0 Å². The molecule has 0 fully saturated rings. The Balaban J connectivity index is 1.90. The van der Waals surface area contributed by atoms with Crippen molar-refractivity contribution in [1.29, 1.82) is 5.26 Å². The van der Waals surface area contributed by atoms with Gasteiger partial charge < -0.3 is 10.2 Å².